The van der Waals surface area contributed by atoms with Crippen molar-refractivity contribution >= 4 is 28.4 Å². The lowest BCUT2D eigenvalue weighted by Gasteiger charge is -2.16. The summed E-state index contributed by atoms with van der Waals surface area (Å²) in [6, 6.07) is 14.8. The summed E-state index contributed by atoms with van der Waals surface area (Å²) in [5, 5.41) is 6.28. The molecule has 2 aromatic carbocycles. The van der Waals surface area contributed by atoms with Crippen LogP contribution < -0.4 is 5.32 Å². The van der Waals surface area contributed by atoms with E-state index in [-0.39, 0.29) is 11.9 Å². The molecule has 3 heteroatoms. The number of rotatable bonds is 5. The van der Waals surface area contributed by atoms with E-state index in [1.54, 1.807) is 0 Å². The second kappa shape index (κ2) is 7.19. The highest BCUT2D eigenvalue weighted by atomic mass is 32.2. The maximum atomic E-state index is 12.1. The molecule has 0 heterocycles. The Hall–Kier alpha value is -1.48. The summed E-state index contributed by atoms with van der Waals surface area (Å²) in [6.07, 6.45) is 5.20. The zero-order valence-electron chi connectivity index (χ0n) is 13.0. The van der Waals surface area contributed by atoms with Gasteiger partial charge in [-0.3, -0.25) is 4.79 Å². The van der Waals surface area contributed by atoms with Gasteiger partial charge in [-0.25, -0.2) is 0 Å². The van der Waals surface area contributed by atoms with E-state index in [2.05, 4.69) is 42.6 Å². The Morgan fingerprint density at radius 2 is 1.91 bits per heavy atom. The molecule has 0 bridgehead atoms. The van der Waals surface area contributed by atoms with Crippen LogP contribution in [0.15, 0.2) is 42.5 Å². The molecule has 0 aromatic heterocycles. The number of amides is 1. The largest absolute Gasteiger partial charge is 0.349 e. The van der Waals surface area contributed by atoms with Crippen LogP contribution in [0, 0.1) is 0 Å². The van der Waals surface area contributed by atoms with Gasteiger partial charge >= 0.3 is 0 Å². The van der Waals surface area contributed by atoms with E-state index in [4.69, 9.17) is 0 Å². The van der Waals surface area contributed by atoms with Crippen LogP contribution in [0.4, 0.5) is 0 Å². The molecule has 0 aliphatic heterocycles. The molecule has 1 fully saturated rings. The number of benzene rings is 2. The molecule has 1 atom stereocenters. The fourth-order valence-corrected chi connectivity index (χ4v) is 4.23. The second-order valence-corrected chi connectivity index (χ2v) is 7.40. The summed E-state index contributed by atoms with van der Waals surface area (Å²) in [5.74, 6) is 0.736. The van der Waals surface area contributed by atoms with Crippen molar-refractivity contribution in [1.29, 1.82) is 0 Å². The smallest absolute Gasteiger partial charge is 0.230 e. The fourth-order valence-electron chi connectivity index (χ4n) is 3.09. The third kappa shape index (κ3) is 3.83. The zero-order chi connectivity index (χ0) is 15.4. The van der Waals surface area contributed by atoms with E-state index in [1.165, 1.54) is 36.5 Å². The predicted octanol–water partition coefficient (Wildman–Crippen LogP) is 4.69. The van der Waals surface area contributed by atoms with Crippen LogP contribution in [0.2, 0.25) is 0 Å². The molecule has 2 nitrogen and oxygen atoms in total. The van der Waals surface area contributed by atoms with E-state index in [9.17, 15) is 4.79 Å². The number of thioether (sulfide) groups is 1. The van der Waals surface area contributed by atoms with Crippen LogP contribution in [0.1, 0.15) is 44.2 Å². The summed E-state index contributed by atoms with van der Waals surface area (Å²) in [4.78, 5) is 12.1. The molecule has 0 spiro atoms. The first-order valence-electron chi connectivity index (χ1n) is 8.12. The molecule has 116 valence electrons. The lowest BCUT2D eigenvalue weighted by Crippen LogP contribution is -2.28. The lowest BCUT2D eigenvalue weighted by molar-refractivity contribution is -0.119. The van der Waals surface area contributed by atoms with Crippen LogP contribution in [0.25, 0.3) is 10.8 Å². The van der Waals surface area contributed by atoms with E-state index >= 15 is 0 Å². The summed E-state index contributed by atoms with van der Waals surface area (Å²) in [5.41, 5.74) is 1.16. The standard InChI is InChI=1S/C19H23NOS/c1-14(20-19(21)13-22-18-8-4-5-9-18)16-11-10-15-6-2-3-7-17(15)12-16/h2-3,6-7,10-12,14,18H,4-5,8-9,13H2,1H3,(H,20,21)/t14-/m1/s1. The van der Waals surface area contributed by atoms with Crippen LogP contribution in [-0.2, 0) is 4.79 Å². The topological polar surface area (TPSA) is 29.1 Å². The van der Waals surface area contributed by atoms with Gasteiger partial charge < -0.3 is 5.32 Å². The van der Waals surface area contributed by atoms with E-state index < -0.39 is 0 Å². The molecule has 0 radical (unpaired) electrons. The van der Waals surface area contributed by atoms with E-state index in [0.29, 0.717) is 11.0 Å². The summed E-state index contributed by atoms with van der Waals surface area (Å²) < 4.78 is 0. The van der Waals surface area contributed by atoms with Crippen molar-refractivity contribution < 1.29 is 4.79 Å². The van der Waals surface area contributed by atoms with Gasteiger partial charge in [0.1, 0.15) is 0 Å². The van der Waals surface area contributed by atoms with Crippen molar-refractivity contribution in [3.63, 3.8) is 0 Å². The second-order valence-electron chi connectivity index (χ2n) is 6.11. The minimum Gasteiger partial charge on any atom is -0.349 e. The monoisotopic (exact) mass is 313 g/mol. The van der Waals surface area contributed by atoms with Gasteiger partial charge in [0.2, 0.25) is 5.91 Å². The molecule has 1 amide bonds. The first kappa shape index (κ1) is 15.4. The number of fused-ring (bicyclic) bond motifs is 1. The molecule has 1 saturated carbocycles. The van der Waals surface area contributed by atoms with Crippen molar-refractivity contribution in [2.45, 2.75) is 43.9 Å². The SMILES string of the molecule is C[C@@H](NC(=O)CSC1CCCC1)c1ccc2ccccc2c1. The average Bonchev–Trinajstić information content (AvgIpc) is 3.06. The molecule has 2 aromatic rings. The Bertz CT molecular complexity index is 649. The molecule has 22 heavy (non-hydrogen) atoms. The third-order valence-corrected chi connectivity index (χ3v) is 5.78. The molecule has 1 aliphatic rings. The van der Waals surface area contributed by atoms with Gasteiger partial charge in [0.15, 0.2) is 0 Å². The molecule has 0 saturated heterocycles. The predicted molar refractivity (Wildman–Crippen MR) is 95.2 cm³/mol. The maximum absolute atomic E-state index is 12.1. The summed E-state index contributed by atoms with van der Waals surface area (Å²) >= 11 is 1.82. The molecular formula is C19H23NOS. The fraction of sp³-hybridized carbons (Fsp3) is 0.421. The number of hydrogen-bond acceptors (Lipinski definition) is 2. The quantitative estimate of drug-likeness (QED) is 0.867. The Morgan fingerprint density at radius 1 is 1.18 bits per heavy atom. The van der Waals surface area contributed by atoms with Gasteiger partial charge in [0.25, 0.3) is 0 Å². The van der Waals surface area contributed by atoms with E-state index in [0.717, 1.165) is 5.56 Å². The Kier molecular flexibility index (Phi) is 5.04. The Labute approximate surface area is 136 Å². The highest BCUT2D eigenvalue weighted by Crippen LogP contribution is 2.29. The zero-order valence-corrected chi connectivity index (χ0v) is 13.9. The van der Waals surface area contributed by atoms with Gasteiger partial charge in [-0.15, -0.1) is 11.8 Å². The first-order valence-corrected chi connectivity index (χ1v) is 9.17. The summed E-state index contributed by atoms with van der Waals surface area (Å²) in [7, 11) is 0. The van der Waals surface area contributed by atoms with Crippen molar-refractivity contribution in [2.24, 2.45) is 0 Å². The third-order valence-electron chi connectivity index (χ3n) is 4.40. The summed E-state index contributed by atoms with van der Waals surface area (Å²) in [6.45, 7) is 2.06. The Balaban J connectivity index is 1.57. The van der Waals surface area contributed by atoms with Gasteiger partial charge in [-0.2, -0.15) is 0 Å². The van der Waals surface area contributed by atoms with Crippen molar-refractivity contribution in [2.75, 3.05) is 5.75 Å². The normalized spacial score (nSPS) is 16.8. The molecule has 1 aliphatic carbocycles. The Morgan fingerprint density at radius 3 is 2.68 bits per heavy atom. The van der Waals surface area contributed by atoms with Gasteiger partial charge in [-0.1, -0.05) is 49.2 Å². The minimum atomic E-state index is 0.0567. The van der Waals surface area contributed by atoms with Gasteiger partial charge in [-0.05, 0) is 42.2 Å². The highest BCUT2D eigenvalue weighted by molar-refractivity contribution is 8.00. The average molecular weight is 313 g/mol. The maximum Gasteiger partial charge on any atom is 0.230 e. The van der Waals surface area contributed by atoms with Crippen molar-refractivity contribution in [3.05, 3.63) is 48.0 Å². The van der Waals surface area contributed by atoms with Gasteiger partial charge in [0.05, 0.1) is 11.8 Å². The molecule has 3 rings (SSSR count). The van der Waals surface area contributed by atoms with Crippen LogP contribution in [0.5, 0.6) is 0 Å². The molecule has 1 N–H and O–H groups in total. The van der Waals surface area contributed by atoms with Crippen molar-refractivity contribution in [1.82, 2.24) is 5.32 Å². The molecule has 0 unspecified atom stereocenters. The highest BCUT2D eigenvalue weighted by Gasteiger charge is 2.17. The minimum absolute atomic E-state index is 0.0567. The van der Waals surface area contributed by atoms with Crippen molar-refractivity contribution in [3.8, 4) is 0 Å². The van der Waals surface area contributed by atoms with Crippen LogP contribution in [-0.4, -0.2) is 16.9 Å². The van der Waals surface area contributed by atoms with Crippen LogP contribution in [0.3, 0.4) is 0 Å². The lowest BCUT2D eigenvalue weighted by atomic mass is 10.0. The van der Waals surface area contributed by atoms with Crippen LogP contribution >= 0.6 is 11.8 Å². The number of hydrogen-bond donors (Lipinski definition) is 1. The number of nitrogens with one attached hydrogen (secondary N) is 1. The number of carbonyl (C=O) groups is 1. The van der Waals surface area contributed by atoms with E-state index in [1.807, 2.05) is 23.9 Å². The molecular weight excluding hydrogens is 290 g/mol. The first-order chi connectivity index (χ1) is 10.7. The van der Waals surface area contributed by atoms with Gasteiger partial charge in [0, 0.05) is 5.25 Å². The number of carbonyl (C=O) groups excluding carboxylic acids is 1.